The number of pyridine rings is 1. The highest BCUT2D eigenvalue weighted by molar-refractivity contribution is 7.99. The van der Waals surface area contributed by atoms with Crippen LogP contribution in [0.4, 0.5) is 0 Å². The maximum Gasteiger partial charge on any atom is 0.316 e. The molecule has 1 aromatic heterocycles. The minimum atomic E-state index is -0.261. The Morgan fingerprint density at radius 3 is 2.71 bits per heavy atom. The van der Waals surface area contributed by atoms with Crippen LogP contribution < -0.4 is 9.47 Å². The van der Waals surface area contributed by atoms with Crippen LogP contribution in [0.15, 0.2) is 23.2 Å². The zero-order valence-electron chi connectivity index (χ0n) is 11.8. The largest absolute Gasteiger partial charge is 0.486 e. The summed E-state index contributed by atoms with van der Waals surface area (Å²) in [6.07, 6.45) is 0. The highest BCUT2D eigenvalue weighted by Crippen LogP contribution is 2.35. The Balaban J connectivity index is 1.96. The average molecular weight is 305 g/mol. The van der Waals surface area contributed by atoms with E-state index >= 15 is 0 Å². The summed E-state index contributed by atoms with van der Waals surface area (Å²) in [5.74, 6) is 1.46. The van der Waals surface area contributed by atoms with Crippen LogP contribution in [-0.4, -0.2) is 37.0 Å². The van der Waals surface area contributed by atoms with Crippen molar-refractivity contribution < 1.29 is 19.0 Å². The predicted molar refractivity (Wildman–Crippen MR) is 80.2 cm³/mol. The number of methoxy groups -OCH3 is 1. The molecule has 110 valence electrons. The van der Waals surface area contributed by atoms with Crippen molar-refractivity contribution in [2.45, 2.75) is 11.9 Å². The number of fused-ring (bicyclic) bond motifs is 2. The Morgan fingerprint density at radius 2 is 2.00 bits per heavy atom. The topological polar surface area (TPSA) is 57.7 Å². The van der Waals surface area contributed by atoms with Gasteiger partial charge in [0.2, 0.25) is 0 Å². The van der Waals surface area contributed by atoms with Gasteiger partial charge in [-0.3, -0.25) is 4.79 Å². The second-order valence-electron chi connectivity index (χ2n) is 4.66. The van der Waals surface area contributed by atoms with Gasteiger partial charge in [-0.05, 0) is 24.6 Å². The first-order valence-corrected chi connectivity index (χ1v) is 7.56. The van der Waals surface area contributed by atoms with Crippen LogP contribution in [0.1, 0.15) is 5.56 Å². The molecule has 0 aliphatic carbocycles. The highest BCUT2D eigenvalue weighted by Gasteiger charge is 2.15. The van der Waals surface area contributed by atoms with Crippen LogP contribution in [0.3, 0.4) is 0 Å². The number of carbonyl (C=O) groups excluding carboxylic acids is 1. The number of nitrogens with zero attached hydrogens (tertiary/aromatic N) is 1. The van der Waals surface area contributed by atoms with Crippen molar-refractivity contribution in [3.63, 3.8) is 0 Å². The highest BCUT2D eigenvalue weighted by atomic mass is 32.2. The van der Waals surface area contributed by atoms with Crippen molar-refractivity contribution in [1.82, 2.24) is 4.98 Å². The molecule has 3 rings (SSSR count). The third-order valence-corrected chi connectivity index (χ3v) is 4.24. The maximum atomic E-state index is 11.2. The Labute approximate surface area is 126 Å². The molecule has 0 unspecified atom stereocenters. The molecule has 0 bridgehead atoms. The molecule has 2 heterocycles. The van der Waals surface area contributed by atoms with E-state index in [0.717, 1.165) is 27.2 Å². The number of aryl methyl sites for hydroxylation is 1. The average Bonchev–Trinajstić information content (AvgIpc) is 2.50. The van der Waals surface area contributed by atoms with Crippen LogP contribution in [0, 0.1) is 6.92 Å². The third kappa shape index (κ3) is 2.90. The zero-order chi connectivity index (χ0) is 14.8. The van der Waals surface area contributed by atoms with Gasteiger partial charge in [-0.1, -0.05) is 11.8 Å². The standard InChI is InChI=1S/C15H15NO4S/c1-9-5-10-6-12-13(20-4-3-19-12)7-11(10)16-15(9)21-8-14(17)18-2/h5-7H,3-4,8H2,1-2H3. The van der Waals surface area contributed by atoms with E-state index in [1.165, 1.54) is 18.9 Å². The third-order valence-electron chi connectivity index (χ3n) is 3.18. The molecule has 5 nitrogen and oxygen atoms in total. The summed E-state index contributed by atoms with van der Waals surface area (Å²) in [4.78, 5) is 15.9. The molecule has 1 aliphatic heterocycles. The lowest BCUT2D eigenvalue weighted by Gasteiger charge is -2.19. The summed E-state index contributed by atoms with van der Waals surface area (Å²) in [6, 6.07) is 5.87. The number of thioether (sulfide) groups is 1. The van der Waals surface area contributed by atoms with Gasteiger partial charge in [-0.2, -0.15) is 0 Å². The fraction of sp³-hybridized carbons (Fsp3) is 0.333. The molecular formula is C15H15NO4S. The number of ether oxygens (including phenoxy) is 3. The maximum absolute atomic E-state index is 11.2. The number of esters is 1. The second-order valence-corrected chi connectivity index (χ2v) is 5.63. The normalized spacial score (nSPS) is 13.2. The number of hydrogen-bond donors (Lipinski definition) is 0. The summed E-state index contributed by atoms with van der Waals surface area (Å²) in [5.41, 5.74) is 1.85. The first-order valence-electron chi connectivity index (χ1n) is 6.58. The Hall–Kier alpha value is -1.95. The fourth-order valence-electron chi connectivity index (χ4n) is 2.13. The Bertz CT molecular complexity index is 702. The molecule has 1 aromatic carbocycles. The van der Waals surface area contributed by atoms with Gasteiger partial charge in [0.1, 0.15) is 18.2 Å². The molecular weight excluding hydrogens is 290 g/mol. The smallest absolute Gasteiger partial charge is 0.316 e. The van der Waals surface area contributed by atoms with Crippen molar-refractivity contribution in [1.29, 1.82) is 0 Å². The summed E-state index contributed by atoms with van der Waals surface area (Å²) < 4.78 is 15.8. The van der Waals surface area contributed by atoms with Gasteiger partial charge >= 0.3 is 5.97 Å². The van der Waals surface area contributed by atoms with Gasteiger partial charge in [-0.25, -0.2) is 4.98 Å². The van der Waals surface area contributed by atoms with Crippen LogP contribution in [0.2, 0.25) is 0 Å². The summed E-state index contributed by atoms with van der Waals surface area (Å²) >= 11 is 1.37. The molecule has 0 atom stereocenters. The van der Waals surface area contributed by atoms with E-state index in [-0.39, 0.29) is 11.7 Å². The van der Waals surface area contributed by atoms with Crippen molar-refractivity contribution in [3.05, 3.63) is 23.8 Å². The molecule has 2 aromatic rings. The summed E-state index contributed by atoms with van der Waals surface area (Å²) in [6.45, 7) is 3.09. The second kappa shape index (κ2) is 5.81. The lowest BCUT2D eigenvalue weighted by atomic mass is 10.1. The zero-order valence-corrected chi connectivity index (χ0v) is 12.7. The molecule has 0 saturated carbocycles. The summed E-state index contributed by atoms with van der Waals surface area (Å²) in [7, 11) is 1.38. The van der Waals surface area contributed by atoms with Crippen molar-refractivity contribution >= 4 is 28.6 Å². The van der Waals surface area contributed by atoms with E-state index < -0.39 is 0 Å². The fourth-order valence-corrected chi connectivity index (χ4v) is 2.95. The van der Waals surface area contributed by atoms with E-state index in [1.807, 2.05) is 25.1 Å². The molecule has 0 fully saturated rings. The molecule has 0 amide bonds. The van der Waals surface area contributed by atoms with E-state index in [9.17, 15) is 4.79 Å². The van der Waals surface area contributed by atoms with E-state index in [0.29, 0.717) is 19.0 Å². The molecule has 1 aliphatic rings. The Kier molecular flexibility index (Phi) is 3.88. The first-order chi connectivity index (χ1) is 10.2. The van der Waals surface area contributed by atoms with Gasteiger partial charge in [-0.15, -0.1) is 0 Å². The van der Waals surface area contributed by atoms with Crippen LogP contribution in [0.25, 0.3) is 10.9 Å². The lowest BCUT2D eigenvalue weighted by Crippen LogP contribution is -2.15. The summed E-state index contributed by atoms with van der Waals surface area (Å²) in [5, 5.41) is 1.82. The van der Waals surface area contributed by atoms with E-state index in [4.69, 9.17) is 9.47 Å². The van der Waals surface area contributed by atoms with Gasteiger partial charge in [0.25, 0.3) is 0 Å². The van der Waals surface area contributed by atoms with Gasteiger partial charge in [0.05, 0.1) is 18.4 Å². The van der Waals surface area contributed by atoms with Gasteiger partial charge in [0, 0.05) is 11.5 Å². The number of rotatable bonds is 3. The van der Waals surface area contributed by atoms with Crippen LogP contribution in [-0.2, 0) is 9.53 Å². The number of carbonyl (C=O) groups is 1. The molecule has 0 saturated heterocycles. The van der Waals surface area contributed by atoms with Crippen LogP contribution >= 0.6 is 11.8 Å². The first kappa shape index (κ1) is 14.0. The number of aromatic nitrogens is 1. The molecule has 6 heteroatoms. The number of hydrogen-bond acceptors (Lipinski definition) is 6. The molecule has 21 heavy (non-hydrogen) atoms. The minimum absolute atomic E-state index is 0.250. The van der Waals surface area contributed by atoms with Gasteiger partial charge in [0.15, 0.2) is 11.5 Å². The Morgan fingerprint density at radius 1 is 1.29 bits per heavy atom. The minimum Gasteiger partial charge on any atom is -0.486 e. The van der Waals surface area contributed by atoms with Crippen molar-refractivity contribution in [3.8, 4) is 11.5 Å². The van der Waals surface area contributed by atoms with Crippen molar-refractivity contribution in [2.75, 3.05) is 26.1 Å². The molecule has 0 N–H and O–H groups in total. The number of benzene rings is 1. The van der Waals surface area contributed by atoms with Crippen molar-refractivity contribution in [2.24, 2.45) is 0 Å². The lowest BCUT2D eigenvalue weighted by molar-refractivity contribution is -0.137. The molecule has 0 spiro atoms. The predicted octanol–water partition coefficient (Wildman–Crippen LogP) is 2.58. The van der Waals surface area contributed by atoms with Gasteiger partial charge < -0.3 is 14.2 Å². The monoisotopic (exact) mass is 305 g/mol. The molecule has 0 radical (unpaired) electrons. The SMILES string of the molecule is COC(=O)CSc1nc2cc3c(cc2cc1C)OCCO3. The van der Waals surface area contributed by atoms with Crippen LogP contribution in [0.5, 0.6) is 11.5 Å². The van der Waals surface area contributed by atoms with E-state index in [2.05, 4.69) is 9.72 Å². The quantitative estimate of drug-likeness (QED) is 0.642. The van der Waals surface area contributed by atoms with E-state index in [1.54, 1.807) is 0 Å².